The largest absolute Gasteiger partial charge is 0.309 e. The molecule has 3 aromatic heterocycles. The van der Waals surface area contributed by atoms with Crippen LogP contribution in [0.25, 0.3) is 133 Å². The molecule has 0 atom stereocenters. The summed E-state index contributed by atoms with van der Waals surface area (Å²) in [6, 6.07) is 76.3. The monoisotopic (exact) mass is 813 g/mol. The number of para-hydroxylation sites is 3. The second-order valence-corrected chi connectivity index (χ2v) is 16.8. The van der Waals surface area contributed by atoms with E-state index in [0.29, 0.717) is 17.5 Å². The van der Waals surface area contributed by atoms with Gasteiger partial charge in [-0.15, -0.1) is 0 Å². The van der Waals surface area contributed by atoms with Gasteiger partial charge in [-0.05, 0) is 87.3 Å². The Morgan fingerprint density at radius 3 is 1.61 bits per heavy atom. The fraction of sp³-hybridized carbons (Fsp3) is 0. The predicted molar refractivity (Wildman–Crippen MR) is 264 cm³/mol. The summed E-state index contributed by atoms with van der Waals surface area (Å²) in [7, 11) is 0. The van der Waals surface area contributed by atoms with E-state index in [-0.39, 0.29) is 0 Å². The van der Waals surface area contributed by atoms with Crippen molar-refractivity contribution in [1.29, 1.82) is 0 Å². The van der Waals surface area contributed by atoms with E-state index in [1.807, 2.05) is 18.2 Å². The summed E-state index contributed by atoms with van der Waals surface area (Å²) in [5.41, 5.74) is 14.8. The second kappa shape index (κ2) is 13.4. The Morgan fingerprint density at radius 2 is 0.812 bits per heavy atom. The third-order valence-electron chi connectivity index (χ3n) is 13.3. The van der Waals surface area contributed by atoms with E-state index < -0.39 is 0 Å². The molecule has 0 unspecified atom stereocenters. The van der Waals surface area contributed by atoms with Gasteiger partial charge in [0.2, 0.25) is 0 Å². The topological polar surface area (TPSA) is 48.5 Å². The lowest BCUT2D eigenvalue weighted by Gasteiger charge is -2.13. The van der Waals surface area contributed by atoms with Crippen molar-refractivity contribution in [3.63, 3.8) is 0 Å². The molecular weight excluding hydrogens is 779 g/mol. The number of aromatic nitrogens is 5. The van der Waals surface area contributed by atoms with E-state index in [2.05, 4.69) is 203 Å². The lowest BCUT2D eigenvalue weighted by atomic mass is 9.94. The van der Waals surface area contributed by atoms with E-state index in [9.17, 15) is 0 Å². The Labute approximate surface area is 367 Å². The molecule has 0 bridgehead atoms. The van der Waals surface area contributed by atoms with Gasteiger partial charge >= 0.3 is 0 Å². The van der Waals surface area contributed by atoms with E-state index in [1.54, 1.807) is 0 Å². The Bertz CT molecular complexity index is 4060. The van der Waals surface area contributed by atoms with Crippen LogP contribution in [-0.4, -0.2) is 24.1 Å². The molecule has 13 aromatic rings. The maximum Gasteiger partial charge on any atom is 0.164 e. The van der Waals surface area contributed by atoms with Crippen LogP contribution in [-0.2, 0) is 0 Å². The number of hydrogen-bond acceptors (Lipinski definition) is 3. The van der Waals surface area contributed by atoms with Gasteiger partial charge in [0, 0.05) is 55.0 Å². The first kappa shape index (κ1) is 35.0. The van der Waals surface area contributed by atoms with Gasteiger partial charge in [0.05, 0.1) is 27.8 Å². The molecule has 10 aromatic carbocycles. The molecule has 0 saturated carbocycles. The van der Waals surface area contributed by atoms with Gasteiger partial charge in [-0.2, -0.15) is 0 Å². The quantitative estimate of drug-likeness (QED) is 0.166. The normalized spacial score (nSPS) is 12.1. The maximum atomic E-state index is 5.17. The van der Waals surface area contributed by atoms with Gasteiger partial charge in [0.1, 0.15) is 0 Å². The van der Waals surface area contributed by atoms with Gasteiger partial charge in [0.25, 0.3) is 0 Å². The number of fused-ring (bicyclic) bond motifs is 14. The van der Waals surface area contributed by atoms with Gasteiger partial charge in [-0.25, -0.2) is 15.0 Å². The molecule has 1 aliphatic rings. The van der Waals surface area contributed by atoms with Crippen LogP contribution in [0, 0.1) is 0 Å². The summed E-state index contributed by atoms with van der Waals surface area (Å²) in [5.74, 6) is 1.91. The zero-order valence-corrected chi connectivity index (χ0v) is 34.4. The van der Waals surface area contributed by atoms with Crippen molar-refractivity contribution in [3.8, 4) is 67.8 Å². The van der Waals surface area contributed by atoms with Gasteiger partial charge in [0.15, 0.2) is 17.5 Å². The van der Waals surface area contributed by atoms with Crippen molar-refractivity contribution in [2.45, 2.75) is 0 Å². The standard InChI is InChI=1S/C59H35N5/c1-2-14-38(15-3-1)57-60-58(62-59(61-57)40-28-27-37-26-25-36-13-4-5-16-42(36)49(37)33-40)39-29-31-41(32-30-39)63-52-23-10-9-20-46(52)50-34-55-51(35-54(50)63)48-22-12-21-47-44-18-7-6-17-43(44)45-19-8-11-24-53(45)64(55)56(47)48/h1-35H. The maximum absolute atomic E-state index is 5.17. The first-order chi connectivity index (χ1) is 31.7. The highest BCUT2D eigenvalue weighted by Crippen LogP contribution is 2.48. The lowest BCUT2D eigenvalue weighted by Crippen LogP contribution is -2.00. The van der Waals surface area contributed by atoms with Crippen LogP contribution in [0.3, 0.4) is 0 Å². The predicted octanol–water partition coefficient (Wildman–Crippen LogP) is 15.0. The van der Waals surface area contributed by atoms with Crippen molar-refractivity contribution in [2.75, 3.05) is 0 Å². The minimum absolute atomic E-state index is 0.629. The Kier molecular flexibility index (Phi) is 7.33. The SMILES string of the molecule is c1ccc(-c2nc(-c3ccc(-n4c5ccccc5c5cc6c(cc54)c4cccc5c4n6-c4ccccc4-c4ccccc4-5)cc3)nc(-c3ccc4ccc5ccccc5c4c3)n2)cc1. The highest BCUT2D eigenvalue weighted by Gasteiger charge is 2.25. The van der Waals surface area contributed by atoms with Crippen LogP contribution in [0.1, 0.15) is 0 Å². The molecule has 0 fully saturated rings. The summed E-state index contributed by atoms with van der Waals surface area (Å²) >= 11 is 0. The minimum atomic E-state index is 0.629. The molecule has 0 radical (unpaired) electrons. The molecule has 64 heavy (non-hydrogen) atoms. The molecule has 0 amide bonds. The zero-order valence-electron chi connectivity index (χ0n) is 34.4. The third-order valence-corrected chi connectivity index (χ3v) is 13.3. The summed E-state index contributed by atoms with van der Waals surface area (Å²) in [5, 5.41) is 9.67. The zero-order chi connectivity index (χ0) is 41.9. The summed E-state index contributed by atoms with van der Waals surface area (Å²) in [6.45, 7) is 0. The van der Waals surface area contributed by atoms with E-state index in [4.69, 9.17) is 15.0 Å². The number of hydrogen-bond donors (Lipinski definition) is 0. The minimum Gasteiger partial charge on any atom is -0.309 e. The van der Waals surface area contributed by atoms with Gasteiger partial charge < -0.3 is 9.13 Å². The highest BCUT2D eigenvalue weighted by molar-refractivity contribution is 6.22. The number of benzene rings is 10. The van der Waals surface area contributed by atoms with Crippen molar-refractivity contribution in [1.82, 2.24) is 24.1 Å². The molecule has 5 nitrogen and oxygen atoms in total. The van der Waals surface area contributed by atoms with Crippen molar-refractivity contribution in [2.24, 2.45) is 0 Å². The molecule has 4 heterocycles. The molecule has 296 valence electrons. The molecule has 1 aliphatic heterocycles. The average Bonchev–Trinajstić information content (AvgIpc) is 3.83. The second-order valence-electron chi connectivity index (χ2n) is 16.8. The number of rotatable bonds is 4. The molecule has 0 spiro atoms. The first-order valence-corrected chi connectivity index (χ1v) is 21.8. The Hall–Kier alpha value is -8.67. The highest BCUT2D eigenvalue weighted by atomic mass is 15.0. The van der Waals surface area contributed by atoms with Crippen LogP contribution < -0.4 is 0 Å². The summed E-state index contributed by atoms with van der Waals surface area (Å²) < 4.78 is 4.91. The average molecular weight is 814 g/mol. The van der Waals surface area contributed by atoms with E-state index in [1.165, 1.54) is 82.1 Å². The Morgan fingerprint density at radius 1 is 0.281 bits per heavy atom. The molecule has 0 saturated heterocycles. The first-order valence-electron chi connectivity index (χ1n) is 21.8. The molecular formula is C59H35N5. The fourth-order valence-corrected chi connectivity index (χ4v) is 10.4. The molecule has 14 rings (SSSR count). The molecule has 0 aliphatic carbocycles. The molecule has 5 heteroatoms. The van der Waals surface area contributed by atoms with Crippen LogP contribution in [0.15, 0.2) is 212 Å². The Balaban J connectivity index is 0.949. The molecule has 0 N–H and O–H groups in total. The van der Waals surface area contributed by atoms with Crippen LogP contribution >= 0.6 is 0 Å². The fourth-order valence-electron chi connectivity index (χ4n) is 10.4. The van der Waals surface area contributed by atoms with Crippen molar-refractivity contribution < 1.29 is 0 Å². The number of nitrogens with zero attached hydrogens (tertiary/aromatic N) is 5. The van der Waals surface area contributed by atoms with E-state index in [0.717, 1.165) is 33.4 Å². The summed E-state index contributed by atoms with van der Waals surface area (Å²) in [6.07, 6.45) is 0. The van der Waals surface area contributed by atoms with Gasteiger partial charge in [-0.3, -0.25) is 0 Å². The van der Waals surface area contributed by atoms with Crippen LogP contribution in [0.4, 0.5) is 0 Å². The third kappa shape index (κ3) is 5.09. The summed E-state index contributed by atoms with van der Waals surface area (Å²) in [4.78, 5) is 15.3. The lowest BCUT2D eigenvalue weighted by molar-refractivity contribution is 1.07. The van der Waals surface area contributed by atoms with Crippen LogP contribution in [0.2, 0.25) is 0 Å². The van der Waals surface area contributed by atoms with E-state index >= 15 is 0 Å². The van der Waals surface area contributed by atoms with Crippen molar-refractivity contribution in [3.05, 3.63) is 212 Å². The van der Waals surface area contributed by atoms with Crippen LogP contribution in [0.5, 0.6) is 0 Å². The van der Waals surface area contributed by atoms with Gasteiger partial charge in [-0.1, -0.05) is 158 Å². The van der Waals surface area contributed by atoms with Crippen molar-refractivity contribution >= 4 is 65.2 Å². The smallest absolute Gasteiger partial charge is 0.164 e.